The van der Waals surface area contributed by atoms with Gasteiger partial charge in [0.2, 0.25) is 0 Å². The van der Waals surface area contributed by atoms with Crippen LogP contribution in [0.1, 0.15) is 11.3 Å². The quantitative estimate of drug-likeness (QED) is 0.694. The van der Waals surface area contributed by atoms with Gasteiger partial charge in [0.05, 0.1) is 0 Å². The van der Waals surface area contributed by atoms with Crippen LogP contribution in [0.15, 0.2) is 48.5 Å². The molecule has 3 rings (SSSR count). The molecule has 0 bridgehead atoms. The van der Waals surface area contributed by atoms with Crippen LogP contribution in [0.25, 0.3) is 10.9 Å². The lowest BCUT2D eigenvalue weighted by Gasteiger charge is -2.11. The Morgan fingerprint density at radius 3 is 2.68 bits per heavy atom. The largest absolute Gasteiger partial charge is 0.398 e. The van der Waals surface area contributed by atoms with E-state index in [9.17, 15) is 0 Å². The molecule has 0 spiro atoms. The van der Waals surface area contributed by atoms with E-state index in [1.54, 1.807) is 6.07 Å². The van der Waals surface area contributed by atoms with Crippen LogP contribution < -0.4 is 5.73 Å². The number of halogens is 1. The number of para-hydroxylation sites is 1. The van der Waals surface area contributed by atoms with Crippen molar-refractivity contribution < 1.29 is 0 Å². The fraction of sp³-hybridized carbons (Fsp3) is 0.125. The highest BCUT2D eigenvalue weighted by atomic mass is 35.5. The van der Waals surface area contributed by atoms with Gasteiger partial charge in [-0.3, -0.25) is 0 Å². The van der Waals surface area contributed by atoms with Gasteiger partial charge in [0.1, 0.15) is 0 Å². The molecule has 0 saturated carbocycles. The fourth-order valence-corrected chi connectivity index (χ4v) is 2.62. The maximum absolute atomic E-state index is 6.03. The van der Waals surface area contributed by atoms with Gasteiger partial charge in [-0.1, -0.05) is 35.9 Å². The van der Waals surface area contributed by atoms with Crippen LogP contribution in [0.5, 0.6) is 0 Å². The first-order chi connectivity index (χ1) is 9.15. The van der Waals surface area contributed by atoms with Crippen molar-refractivity contribution in [1.29, 1.82) is 0 Å². The minimum absolute atomic E-state index is 0.676. The molecule has 1 heterocycles. The number of nitrogens with zero attached hydrogens (tertiary/aromatic N) is 1. The standard InChI is InChI=1S/C16H15ClN2/c1-11-8-12-4-2-3-5-16(12)19(11)10-13-6-7-14(17)9-15(13)18/h2-9H,10,18H2,1H3. The van der Waals surface area contributed by atoms with Gasteiger partial charge in [0.15, 0.2) is 0 Å². The molecule has 0 saturated heterocycles. The average molecular weight is 271 g/mol. The molecule has 1 aromatic heterocycles. The van der Waals surface area contributed by atoms with Gasteiger partial charge >= 0.3 is 0 Å². The molecule has 0 aliphatic rings. The van der Waals surface area contributed by atoms with Crippen LogP contribution >= 0.6 is 11.6 Å². The molecule has 0 aliphatic carbocycles. The molecule has 96 valence electrons. The molecule has 0 radical (unpaired) electrons. The molecule has 0 fully saturated rings. The van der Waals surface area contributed by atoms with E-state index in [2.05, 4.69) is 41.8 Å². The van der Waals surface area contributed by atoms with E-state index in [0.717, 1.165) is 17.8 Å². The normalized spacial score (nSPS) is 11.1. The Morgan fingerprint density at radius 2 is 1.89 bits per heavy atom. The molecular formula is C16H15ClN2. The highest BCUT2D eigenvalue weighted by Gasteiger charge is 2.07. The van der Waals surface area contributed by atoms with Crippen molar-refractivity contribution >= 4 is 28.2 Å². The maximum Gasteiger partial charge on any atom is 0.0499 e. The second kappa shape index (κ2) is 4.63. The van der Waals surface area contributed by atoms with Gasteiger partial charge in [-0.2, -0.15) is 0 Å². The van der Waals surface area contributed by atoms with E-state index < -0.39 is 0 Å². The zero-order chi connectivity index (χ0) is 13.4. The summed E-state index contributed by atoms with van der Waals surface area (Å²) in [6.45, 7) is 2.88. The van der Waals surface area contributed by atoms with E-state index in [1.165, 1.54) is 16.6 Å². The molecule has 3 heteroatoms. The number of fused-ring (bicyclic) bond motifs is 1. The smallest absolute Gasteiger partial charge is 0.0499 e. The summed E-state index contributed by atoms with van der Waals surface area (Å²) in [5, 5.41) is 1.93. The van der Waals surface area contributed by atoms with Gasteiger partial charge < -0.3 is 10.3 Å². The monoisotopic (exact) mass is 270 g/mol. The van der Waals surface area contributed by atoms with Crippen molar-refractivity contribution in [2.75, 3.05) is 5.73 Å². The van der Waals surface area contributed by atoms with Gasteiger partial charge in [-0.15, -0.1) is 0 Å². The summed E-state index contributed by atoms with van der Waals surface area (Å²) in [5.41, 5.74) is 10.3. The number of hydrogen-bond donors (Lipinski definition) is 1. The van der Waals surface area contributed by atoms with Gasteiger partial charge in [0.25, 0.3) is 0 Å². The summed E-state index contributed by atoms with van der Waals surface area (Å²) in [5.74, 6) is 0. The Balaban J connectivity index is 2.08. The van der Waals surface area contributed by atoms with Crippen LogP contribution in [-0.4, -0.2) is 4.57 Å². The van der Waals surface area contributed by atoms with Crippen LogP contribution in [-0.2, 0) is 6.54 Å². The topological polar surface area (TPSA) is 30.9 Å². The SMILES string of the molecule is Cc1cc2ccccc2n1Cc1ccc(Cl)cc1N. The van der Waals surface area contributed by atoms with Crippen LogP contribution in [0.3, 0.4) is 0 Å². The van der Waals surface area contributed by atoms with E-state index in [4.69, 9.17) is 17.3 Å². The molecule has 0 amide bonds. The summed E-state index contributed by atoms with van der Waals surface area (Å²) in [7, 11) is 0. The first kappa shape index (κ1) is 12.1. The summed E-state index contributed by atoms with van der Waals surface area (Å²) in [6, 6.07) is 16.3. The van der Waals surface area contributed by atoms with Crippen molar-refractivity contribution in [3.05, 3.63) is 64.8 Å². The Kier molecular flexibility index (Phi) is 2.96. The van der Waals surface area contributed by atoms with E-state index in [0.29, 0.717) is 5.02 Å². The summed E-state index contributed by atoms with van der Waals surface area (Å²) in [4.78, 5) is 0. The predicted molar refractivity (Wildman–Crippen MR) is 81.6 cm³/mol. The molecular weight excluding hydrogens is 256 g/mol. The number of nitrogens with two attached hydrogens (primary N) is 1. The first-order valence-electron chi connectivity index (χ1n) is 6.24. The molecule has 2 N–H and O–H groups in total. The van der Waals surface area contributed by atoms with Gasteiger partial charge in [-0.25, -0.2) is 0 Å². The number of anilines is 1. The van der Waals surface area contributed by atoms with Gasteiger partial charge in [-0.05, 0) is 42.1 Å². The maximum atomic E-state index is 6.03. The van der Waals surface area contributed by atoms with Crippen molar-refractivity contribution in [2.45, 2.75) is 13.5 Å². The summed E-state index contributed by atoms with van der Waals surface area (Å²) >= 11 is 5.94. The molecule has 2 nitrogen and oxygen atoms in total. The predicted octanol–water partition coefficient (Wildman–Crippen LogP) is 4.23. The van der Waals surface area contributed by atoms with Crippen molar-refractivity contribution in [2.24, 2.45) is 0 Å². The second-order valence-corrected chi connectivity index (χ2v) is 5.21. The minimum atomic E-state index is 0.676. The first-order valence-corrected chi connectivity index (χ1v) is 6.62. The van der Waals surface area contributed by atoms with Crippen LogP contribution in [0, 0.1) is 6.92 Å². The third-order valence-corrected chi connectivity index (χ3v) is 3.69. The Hall–Kier alpha value is -1.93. The lowest BCUT2D eigenvalue weighted by molar-refractivity contribution is 0.807. The second-order valence-electron chi connectivity index (χ2n) is 4.77. The summed E-state index contributed by atoms with van der Waals surface area (Å²) in [6.07, 6.45) is 0. The van der Waals surface area contributed by atoms with E-state index >= 15 is 0 Å². The molecule has 19 heavy (non-hydrogen) atoms. The fourth-order valence-electron chi connectivity index (χ4n) is 2.44. The van der Waals surface area contributed by atoms with Crippen molar-refractivity contribution in [3.63, 3.8) is 0 Å². The number of aryl methyl sites for hydroxylation is 1. The molecule has 0 unspecified atom stereocenters. The molecule has 0 atom stereocenters. The highest BCUT2D eigenvalue weighted by molar-refractivity contribution is 6.30. The highest BCUT2D eigenvalue weighted by Crippen LogP contribution is 2.24. The number of rotatable bonds is 2. The number of benzene rings is 2. The molecule has 3 aromatic rings. The zero-order valence-electron chi connectivity index (χ0n) is 10.7. The van der Waals surface area contributed by atoms with Gasteiger partial charge in [0, 0.05) is 28.5 Å². The van der Waals surface area contributed by atoms with Crippen molar-refractivity contribution in [3.8, 4) is 0 Å². The third-order valence-electron chi connectivity index (χ3n) is 3.45. The Labute approximate surface area is 117 Å². The molecule has 0 aliphatic heterocycles. The number of hydrogen-bond acceptors (Lipinski definition) is 1. The van der Waals surface area contributed by atoms with E-state index in [1.807, 2.05) is 12.1 Å². The van der Waals surface area contributed by atoms with Crippen LogP contribution in [0.4, 0.5) is 5.69 Å². The minimum Gasteiger partial charge on any atom is -0.398 e. The number of nitrogen functional groups attached to an aromatic ring is 1. The van der Waals surface area contributed by atoms with Crippen molar-refractivity contribution in [1.82, 2.24) is 4.57 Å². The zero-order valence-corrected chi connectivity index (χ0v) is 11.5. The third kappa shape index (κ3) is 2.20. The lowest BCUT2D eigenvalue weighted by atomic mass is 10.2. The Bertz CT molecular complexity index is 744. The van der Waals surface area contributed by atoms with E-state index in [-0.39, 0.29) is 0 Å². The summed E-state index contributed by atoms with van der Waals surface area (Å²) < 4.78 is 2.27. The lowest BCUT2D eigenvalue weighted by Crippen LogP contribution is -2.04. The number of aromatic nitrogens is 1. The molecule has 2 aromatic carbocycles. The van der Waals surface area contributed by atoms with Crippen LogP contribution in [0.2, 0.25) is 5.02 Å². The Morgan fingerprint density at radius 1 is 1.11 bits per heavy atom. The average Bonchev–Trinajstić information content (AvgIpc) is 2.69.